The molecule has 0 aromatic heterocycles. The predicted octanol–water partition coefficient (Wildman–Crippen LogP) is 4.82. The molecule has 0 amide bonds. The van der Waals surface area contributed by atoms with E-state index < -0.39 is 11.7 Å². The minimum Gasteiger partial charge on any atom is -0.493 e. The quantitative estimate of drug-likeness (QED) is 0.457. The van der Waals surface area contributed by atoms with Crippen molar-refractivity contribution in [3.63, 3.8) is 0 Å². The van der Waals surface area contributed by atoms with Crippen molar-refractivity contribution < 1.29 is 28.4 Å². The maximum atomic E-state index is 10.5. The number of para-hydroxylation sites is 2. The third-order valence-electron chi connectivity index (χ3n) is 6.66. The number of methoxy groups -OCH3 is 4. The van der Waals surface area contributed by atoms with E-state index >= 15 is 0 Å². The molecule has 2 unspecified atom stereocenters. The average Bonchev–Trinajstić information content (AvgIpc) is 3.27. The molecule has 2 atom stereocenters. The first-order chi connectivity index (χ1) is 16.8. The number of rotatable bonds is 12. The van der Waals surface area contributed by atoms with Gasteiger partial charge < -0.3 is 34.2 Å². The standard InChI is InChI=1S/C27H36N2O6/c1-17(2)27(16-28,19-15-22(30-3)25(32-5)26(33-6)24(19)31-4)13-9-10-18(29)14-23-34-20-11-7-8-12-21(20)35-23/h7-8,11-12,15,17-18,23H,9-10,13-14,29H2,1-6H3. The lowest BCUT2D eigenvalue weighted by Gasteiger charge is -2.34. The molecule has 0 saturated heterocycles. The summed E-state index contributed by atoms with van der Waals surface area (Å²) in [7, 11) is 6.20. The van der Waals surface area contributed by atoms with Gasteiger partial charge in [0.25, 0.3) is 0 Å². The molecule has 1 heterocycles. The highest BCUT2D eigenvalue weighted by Crippen LogP contribution is 2.52. The number of hydrogen-bond donors (Lipinski definition) is 1. The van der Waals surface area contributed by atoms with Gasteiger partial charge in [-0.3, -0.25) is 0 Å². The van der Waals surface area contributed by atoms with E-state index in [-0.39, 0.29) is 12.0 Å². The van der Waals surface area contributed by atoms with Crippen molar-refractivity contribution in [3.05, 3.63) is 35.9 Å². The van der Waals surface area contributed by atoms with E-state index in [2.05, 4.69) is 6.07 Å². The van der Waals surface area contributed by atoms with Gasteiger partial charge in [0.05, 0.1) is 39.9 Å². The molecule has 0 spiro atoms. The Morgan fingerprint density at radius 1 is 0.971 bits per heavy atom. The average molecular weight is 485 g/mol. The number of nitrogens with two attached hydrogens (primary N) is 1. The minimum atomic E-state index is -0.853. The van der Waals surface area contributed by atoms with Crippen molar-refractivity contribution in [1.29, 1.82) is 5.26 Å². The smallest absolute Gasteiger partial charge is 0.243 e. The lowest BCUT2D eigenvalue weighted by atomic mass is 9.69. The first kappa shape index (κ1) is 26.3. The summed E-state index contributed by atoms with van der Waals surface area (Å²) >= 11 is 0. The highest BCUT2D eigenvalue weighted by Gasteiger charge is 2.41. The Morgan fingerprint density at radius 2 is 1.57 bits per heavy atom. The van der Waals surface area contributed by atoms with Gasteiger partial charge in [-0.25, -0.2) is 0 Å². The summed E-state index contributed by atoms with van der Waals surface area (Å²) in [6.07, 6.45) is 2.18. The molecule has 0 fully saturated rings. The SMILES string of the molecule is COc1cc(C(C#N)(CCCC(N)CC2Oc3ccccc3O2)C(C)C)c(OC)c(OC)c1OC. The molecular weight excluding hydrogens is 448 g/mol. The van der Waals surface area contributed by atoms with Gasteiger partial charge in [0, 0.05) is 18.0 Å². The zero-order chi connectivity index (χ0) is 25.6. The van der Waals surface area contributed by atoms with Gasteiger partial charge in [-0.05, 0) is 43.4 Å². The fourth-order valence-electron chi connectivity index (χ4n) is 4.70. The lowest BCUT2D eigenvalue weighted by Crippen LogP contribution is -2.33. The number of ether oxygens (including phenoxy) is 6. The van der Waals surface area contributed by atoms with E-state index in [1.807, 2.05) is 44.2 Å². The molecule has 3 rings (SSSR count). The molecule has 190 valence electrons. The molecular formula is C27H36N2O6. The molecule has 0 bridgehead atoms. The minimum absolute atomic E-state index is 0.0172. The van der Waals surface area contributed by atoms with Crippen molar-refractivity contribution in [1.82, 2.24) is 0 Å². The van der Waals surface area contributed by atoms with E-state index in [0.717, 1.165) is 17.9 Å². The number of nitriles is 1. The second kappa shape index (κ2) is 11.4. The van der Waals surface area contributed by atoms with E-state index in [0.29, 0.717) is 47.8 Å². The van der Waals surface area contributed by atoms with E-state index in [4.69, 9.17) is 34.2 Å². The molecule has 2 aromatic carbocycles. The van der Waals surface area contributed by atoms with Crippen LogP contribution in [0.15, 0.2) is 30.3 Å². The lowest BCUT2D eigenvalue weighted by molar-refractivity contribution is 0.0349. The summed E-state index contributed by atoms with van der Waals surface area (Å²) < 4.78 is 34.1. The van der Waals surface area contributed by atoms with E-state index in [1.165, 1.54) is 14.2 Å². The molecule has 0 aliphatic carbocycles. The van der Waals surface area contributed by atoms with Crippen LogP contribution < -0.4 is 34.2 Å². The molecule has 8 heteroatoms. The highest BCUT2D eigenvalue weighted by atomic mass is 16.7. The largest absolute Gasteiger partial charge is 0.493 e. The first-order valence-electron chi connectivity index (χ1n) is 11.8. The Morgan fingerprint density at radius 3 is 2.06 bits per heavy atom. The van der Waals surface area contributed by atoms with Crippen molar-refractivity contribution in [2.75, 3.05) is 28.4 Å². The third-order valence-corrected chi connectivity index (χ3v) is 6.66. The topological polar surface area (TPSA) is 105 Å². The van der Waals surface area contributed by atoms with Crippen LogP contribution >= 0.6 is 0 Å². The van der Waals surface area contributed by atoms with Gasteiger partial charge in [-0.2, -0.15) is 5.26 Å². The summed E-state index contributed by atoms with van der Waals surface area (Å²) in [6.45, 7) is 4.06. The number of fused-ring (bicyclic) bond motifs is 1. The fraction of sp³-hybridized carbons (Fsp3) is 0.519. The van der Waals surface area contributed by atoms with Crippen molar-refractivity contribution in [2.45, 2.75) is 57.3 Å². The summed E-state index contributed by atoms with van der Waals surface area (Å²) in [5.74, 6) is 3.23. The number of benzene rings is 2. The monoisotopic (exact) mass is 484 g/mol. The van der Waals surface area contributed by atoms with E-state index in [1.54, 1.807) is 14.2 Å². The number of nitrogens with zero attached hydrogens (tertiary/aromatic N) is 1. The number of hydrogen-bond acceptors (Lipinski definition) is 8. The molecule has 2 aromatic rings. The molecule has 0 saturated carbocycles. The van der Waals surface area contributed by atoms with Crippen molar-refractivity contribution in [3.8, 4) is 40.6 Å². The summed E-state index contributed by atoms with van der Waals surface area (Å²) in [4.78, 5) is 0. The second-order valence-electron chi connectivity index (χ2n) is 8.96. The normalized spacial score (nSPS) is 15.3. The van der Waals surface area contributed by atoms with Crippen LogP contribution in [0.4, 0.5) is 0 Å². The van der Waals surface area contributed by atoms with Crippen LogP contribution in [0, 0.1) is 17.2 Å². The Bertz CT molecular complexity index is 1030. The third kappa shape index (κ3) is 5.20. The Balaban J connectivity index is 1.79. The van der Waals surface area contributed by atoms with Gasteiger partial charge in [0.1, 0.15) is 0 Å². The molecule has 8 nitrogen and oxygen atoms in total. The van der Waals surface area contributed by atoms with Gasteiger partial charge >= 0.3 is 0 Å². The molecule has 35 heavy (non-hydrogen) atoms. The molecule has 2 N–H and O–H groups in total. The van der Waals surface area contributed by atoms with Gasteiger partial charge in [-0.15, -0.1) is 0 Å². The summed E-state index contributed by atoms with van der Waals surface area (Å²) in [5.41, 5.74) is 6.29. The Hall–Kier alpha value is -3.31. The zero-order valence-corrected chi connectivity index (χ0v) is 21.4. The van der Waals surface area contributed by atoms with Gasteiger partial charge in [0.2, 0.25) is 17.8 Å². The summed E-state index contributed by atoms with van der Waals surface area (Å²) in [6, 6.07) is 11.9. The van der Waals surface area contributed by atoms with E-state index in [9.17, 15) is 5.26 Å². The van der Waals surface area contributed by atoms with Gasteiger partial charge in [0.15, 0.2) is 23.0 Å². The van der Waals surface area contributed by atoms with Crippen LogP contribution in [0.2, 0.25) is 0 Å². The maximum absolute atomic E-state index is 10.5. The Labute approximate surface area is 207 Å². The molecule has 1 aliphatic heterocycles. The Kier molecular flexibility index (Phi) is 8.57. The van der Waals surface area contributed by atoms with Crippen molar-refractivity contribution >= 4 is 0 Å². The van der Waals surface area contributed by atoms with Crippen LogP contribution in [0.25, 0.3) is 0 Å². The predicted molar refractivity (Wildman–Crippen MR) is 133 cm³/mol. The fourth-order valence-corrected chi connectivity index (χ4v) is 4.70. The van der Waals surface area contributed by atoms with Crippen LogP contribution in [0.5, 0.6) is 34.5 Å². The molecule has 0 radical (unpaired) electrons. The first-order valence-corrected chi connectivity index (χ1v) is 11.8. The summed E-state index contributed by atoms with van der Waals surface area (Å²) in [5, 5.41) is 10.5. The van der Waals surface area contributed by atoms with Crippen LogP contribution in [0.1, 0.15) is 45.1 Å². The highest BCUT2D eigenvalue weighted by molar-refractivity contribution is 5.65. The van der Waals surface area contributed by atoms with Crippen molar-refractivity contribution in [2.24, 2.45) is 11.7 Å². The van der Waals surface area contributed by atoms with Gasteiger partial charge in [-0.1, -0.05) is 26.0 Å². The molecule has 1 aliphatic rings. The maximum Gasteiger partial charge on any atom is 0.243 e. The van der Waals surface area contributed by atoms with Crippen LogP contribution in [0.3, 0.4) is 0 Å². The van der Waals surface area contributed by atoms with Crippen LogP contribution in [-0.4, -0.2) is 40.8 Å². The van der Waals surface area contributed by atoms with Crippen LogP contribution in [-0.2, 0) is 5.41 Å². The second-order valence-corrected chi connectivity index (χ2v) is 8.96. The zero-order valence-electron chi connectivity index (χ0n) is 21.4.